The lowest BCUT2D eigenvalue weighted by atomic mass is 9.87. The van der Waals surface area contributed by atoms with Crippen LogP contribution in [0, 0.1) is 77.5 Å². The summed E-state index contributed by atoms with van der Waals surface area (Å²) < 4.78 is 106. The molecule has 6 nitrogen and oxygen atoms in total. The first-order chi connectivity index (χ1) is 48.6. The van der Waals surface area contributed by atoms with Gasteiger partial charge in [0.15, 0.2) is 24.2 Å². The maximum Gasteiger partial charge on any atom is 0.227 e. The van der Waals surface area contributed by atoms with Crippen LogP contribution in [0.15, 0.2) is 181 Å². The van der Waals surface area contributed by atoms with Gasteiger partial charge in [0.05, 0.1) is 5.56 Å². The van der Waals surface area contributed by atoms with Crippen molar-refractivity contribution in [2.24, 2.45) is 50.4 Å². The maximum absolute atomic E-state index is 8.74. The second-order valence-corrected chi connectivity index (χ2v) is 28.9. The van der Waals surface area contributed by atoms with Crippen molar-refractivity contribution in [3.8, 4) is 45.0 Å². The monoisotopic (exact) mass is 1260 g/mol. The molecule has 0 aliphatic carbocycles. The van der Waals surface area contributed by atoms with Crippen LogP contribution in [0.25, 0.3) is 88.8 Å². The summed E-state index contributed by atoms with van der Waals surface area (Å²) in [6, 6.07) is 52.5. The molecule has 0 fully saturated rings. The van der Waals surface area contributed by atoms with Crippen LogP contribution in [0.5, 0.6) is 0 Å². The van der Waals surface area contributed by atoms with Crippen LogP contribution in [0.2, 0.25) is 0 Å². The van der Waals surface area contributed by atoms with Crippen molar-refractivity contribution in [1.29, 1.82) is 0 Å². The van der Waals surface area contributed by atoms with E-state index in [0.29, 0.717) is 16.8 Å². The molecule has 0 amide bonds. The zero-order chi connectivity index (χ0) is 78.0. The molecule has 6 aromatic heterocycles. The molecule has 6 aromatic carbocycles. The Morgan fingerprint density at radius 2 is 0.979 bits per heavy atom. The van der Waals surface area contributed by atoms with Crippen LogP contribution in [-0.2, 0) is 53.7 Å². The van der Waals surface area contributed by atoms with E-state index >= 15 is 0 Å². The topological polar surface area (TPSA) is 41.6 Å². The number of rotatable bonds is 9. The Balaban J connectivity index is 0.000000167. The summed E-state index contributed by atoms with van der Waals surface area (Å²) in [5.74, 6) is -0.137. The average molecular weight is 1260 g/mol. The van der Waals surface area contributed by atoms with E-state index in [1.165, 1.54) is 27.6 Å². The van der Waals surface area contributed by atoms with Gasteiger partial charge >= 0.3 is 0 Å². The van der Waals surface area contributed by atoms with E-state index in [1.54, 1.807) is 12.1 Å². The third-order valence-corrected chi connectivity index (χ3v) is 16.8. The fourth-order valence-electron chi connectivity index (χ4n) is 12.4. The van der Waals surface area contributed by atoms with Gasteiger partial charge in [-0.2, -0.15) is 4.57 Å². The fraction of sp³-hybridized carbons (Fsp3) is 0.352. The van der Waals surface area contributed by atoms with Crippen LogP contribution in [0.3, 0.4) is 0 Å². The summed E-state index contributed by atoms with van der Waals surface area (Å²) in [5, 5.41) is 5.38. The number of aryl methyl sites for hydroxylation is 12. The number of pyridine rings is 5. The van der Waals surface area contributed by atoms with E-state index in [-0.39, 0.29) is 5.92 Å². The van der Waals surface area contributed by atoms with E-state index in [2.05, 4.69) is 111 Å². The van der Waals surface area contributed by atoms with Gasteiger partial charge in [-0.15, -0.1) is 0 Å². The quantitative estimate of drug-likeness (QED) is 0.135. The van der Waals surface area contributed by atoms with Crippen LogP contribution in [0.1, 0.15) is 158 Å². The third-order valence-electron chi connectivity index (χ3n) is 16.8. The molecule has 0 atom stereocenters. The molecule has 12 aromatic rings. The number of furan rings is 1. The van der Waals surface area contributed by atoms with Crippen molar-refractivity contribution >= 4 is 43.7 Å². The van der Waals surface area contributed by atoms with Crippen molar-refractivity contribution in [1.82, 2.24) is 4.98 Å². The SMILES string of the molecule is [2H]C([2H])([2H])c1ccc(-c2cc(C)c(C([2H])([2H])C(C)(C)C)c[n+]2C)c(C)c1.[2H]C([2H])(c1c[n+](C)c(-c2ccccc2C)cc1C)C(C)(C)C.[2H]C([2H])(c1ccc(-c2ccccc2C)[n+](C)c1)C(C)(C)C.[2H]C([2H])(c1cccc2c1ccc(-c1c(C)c3ccccc3c3c1oc1nc(C)ccc13)[n+]2C)C(C)C. The molecular formula is C88H107N5O+4. The summed E-state index contributed by atoms with van der Waals surface area (Å²) >= 11 is 0. The first-order valence-electron chi connectivity index (χ1n) is 38.4. The maximum atomic E-state index is 8.74. The van der Waals surface area contributed by atoms with Gasteiger partial charge in [-0.05, 0) is 195 Å². The van der Waals surface area contributed by atoms with Gasteiger partial charge in [-0.25, -0.2) is 18.7 Å². The summed E-state index contributed by atoms with van der Waals surface area (Å²) in [7, 11) is 7.92. The largest absolute Gasteiger partial charge is 0.437 e. The first kappa shape index (κ1) is 55.8. The Labute approximate surface area is 579 Å². The summed E-state index contributed by atoms with van der Waals surface area (Å²) in [5.41, 5.74) is 20.1. The predicted octanol–water partition coefficient (Wildman–Crippen LogP) is 20.7. The van der Waals surface area contributed by atoms with Crippen molar-refractivity contribution in [2.45, 2.75) is 157 Å². The van der Waals surface area contributed by atoms with Gasteiger partial charge in [0.2, 0.25) is 34.0 Å². The molecule has 0 aliphatic heterocycles. The van der Waals surface area contributed by atoms with E-state index in [1.807, 2.05) is 224 Å². The highest BCUT2D eigenvalue weighted by molar-refractivity contribution is 6.23. The minimum Gasteiger partial charge on any atom is -0.437 e. The van der Waals surface area contributed by atoms with Crippen LogP contribution >= 0.6 is 0 Å². The van der Waals surface area contributed by atoms with Gasteiger partial charge in [-0.1, -0.05) is 167 Å². The molecule has 0 unspecified atom stereocenters. The lowest BCUT2D eigenvalue weighted by Crippen LogP contribution is -2.32. The van der Waals surface area contributed by atoms with Gasteiger partial charge in [0, 0.05) is 101 Å². The van der Waals surface area contributed by atoms with Crippen molar-refractivity contribution < 1.29 is 37.8 Å². The number of aromatic nitrogens is 5. The zero-order valence-electron chi connectivity index (χ0n) is 71.0. The van der Waals surface area contributed by atoms with Crippen LogP contribution in [0.4, 0.5) is 0 Å². The minimum atomic E-state index is -2.12. The Kier molecular flexibility index (Phi) is 16.9. The Hall–Kier alpha value is -8.61. The molecule has 0 saturated carbocycles. The zero-order valence-corrected chi connectivity index (χ0v) is 60.0. The average Bonchev–Trinajstić information content (AvgIpc) is 1.56. The lowest BCUT2D eigenvalue weighted by Gasteiger charge is -2.19. The first-order valence-corrected chi connectivity index (χ1v) is 32.9. The molecule has 6 heteroatoms. The molecule has 0 aliphatic rings. The van der Waals surface area contributed by atoms with Crippen LogP contribution in [-0.4, -0.2) is 4.98 Å². The number of hydrogen-bond donors (Lipinski definition) is 0. The summed E-state index contributed by atoms with van der Waals surface area (Å²) in [4.78, 5) is 4.70. The number of nitrogens with zero attached hydrogens (tertiary/aromatic N) is 5. The smallest absolute Gasteiger partial charge is 0.227 e. The Morgan fingerprint density at radius 3 is 1.52 bits per heavy atom. The van der Waals surface area contributed by atoms with E-state index in [4.69, 9.17) is 24.5 Å². The van der Waals surface area contributed by atoms with Crippen molar-refractivity contribution in [3.63, 3.8) is 0 Å². The second kappa shape index (κ2) is 28.5. The molecule has 0 N–H and O–H groups in total. The van der Waals surface area contributed by atoms with Crippen molar-refractivity contribution in [3.05, 3.63) is 243 Å². The highest BCUT2D eigenvalue weighted by Crippen LogP contribution is 2.43. The highest BCUT2D eigenvalue weighted by atomic mass is 16.3. The molecule has 94 heavy (non-hydrogen) atoms. The molecule has 486 valence electrons. The molecule has 0 radical (unpaired) electrons. The number of benzene rings is 6. The standard InChI is InChI=1S/C31H29N2O.C20H28N.C19H26N.C18H24N/c1-18(2)17-21-9-8-12-26-23(21)15-16-27(33(26)5)28-20(4)22-10-6-7-11-24(22)29-25-14-13-19(3)32-31(25)34-30(28)29;1-14-8-9-18(16(3)10-14)19-11-15(2)17(13-21(19)7)12-20(4,5)6;1-14-9-7-8-10-17(14)18-11-15(2)16(13-20(18)6)12-19(3,4)5;1-14-8-6-7-9-16(14)17-11-10-15(13-19(17)5)12-18(2,3)4/h6-16,18H,17H2,1-5H3;8-11,13H,12H2,1-7H3;7-11,13H,12H2,1-6H3;6-11,13H,12H2,1-5H3/q4*+1/i17D2;1D3,12D2;2*12D2. The second-order valence-electron chi connectivity index (χ2n) is 28.9. The van der Waals surface area contributed by atoms with Crippen molar-refractivity contribution in [2.75, 3.05) is 0 Å². The fourth-order valence-corrected chi connectivity index (χ4v) is 12.4. The lowest BCUT2D eigenvalue weighted by molar-refractivity contribution is -0.661. The summed E-state index contributed by atoms with van der Waals surface area (Å²) in [6.45, 7) is 33.2. The number of fused-ring (bicyclic) bond motifs is 6. The molecular weight excluding hydrogens is 1140 g/mol. The minimum absolute atomic E-state index is 0.137. The normalized spacial score (nSPS) is 14.3. The van der Waals surface area contributed by atoms with Gasteiger partial charge in [0.25, 0.3) is 0 Å². The molecule has 0 spiro atoms. The molecule has 0 bridgehead atoms. The highest BCUT2D eigenvalue weighted by Gasteiger charge is 2.27. The van der Waals surface area contributed by atoms with Gasteiger partial charge in [-0.3, -0.25) is 0 Å². The number of hydrogen-bond acceptors (Lipinski definition) is 2. The van der Waals surface area contributed by atoms with Gasteiger partial charge in [0.1, 0.15) is 28.2 Å². The third kappa shape index (κ3) is 16.5. The van der Waals surface area contributed by atoms with E-state index < -0.39 is 48.6 Å². The predicted molar refractivity (Wildman–Crippen MR) is 398 cm³/mol. The van der Waals surface area contributed by atoms with Gasteiger partial charge < -0.3 is 4.42 Å². The van der Waals surface area contributed by atoms with E-state index in [9.17, 15) is 0 Å². The Bertz CT molecular complexity index is 5260. The Morgan fingerprint density at radius 1 is 0.457 bits per heavy atom. The van der Waals surface area contributed by atoms with Crippen LogP contribution < -0.4 is 18.3 Å². The molecule has 12 rings (SSSR count). The molecule has 0 saturated heterocycles. The van der Waals surface area contributed by atoms with E-state index in [0.717, 1.165) is 111 Å². The molecule has 6 heterocycles. The summed E-state index contributed by atoms with van der Waals surface area (Å²) in [6.07, 6.45) is 0.0759.